The number of rotatable bonds is 4. The zero-order chi connectivity index (χ0) is 15.1. The van der Waals surface area contributed by atoms with E-state index in [1.54, 1.807) is 6.92 Å². The molecule has 0 saturated heterocycles. The van der Waals surface area contributed by atoms with Crippen LogP contribution in [0.3, 0.4) is 0 Å². The number of hydrogen-bond acceptors (Lipinski definition) is 2. The van der Waals surface area contributed by atoms with E-state index in [-0.39, 0.29) is 5.92 Å². The van der Waals surface area contributed by atoms with Crippen molar-refractivity contribution in [1.29, 1.82) is 0 Å². The molecule has 0 bridgehead atoms. The SMILES string of the molecule is CC.CC(C(=O)O)c1ccc(CC2CCCC2=O)cc1. The summed E-state index contributed by atoms with van der Waals surface area (Å²) < 4.78 is 0. The maximum atomic E-state index is 11.6. The minimum atomic E-state index is -0.811. The summed E-state index contributed by atoms with van der Waals surface area (Å²) >= 11 is 0. The van der Waals surface area contributed by atoms with Gasteiger partial charge in [0.15, 0.2) is 0 Å². The van der Waals surface area contributed by atoms with Gasteiger partial charge in [0.2, 0.25) is 0 Å². The molecule has 0 aromatic heterocycles. The molecule has 2 rings (SSSR count). The predicted molar refractivity (Wildman–Crippen MR) is 79.9 cm³/mol. The molecule has 0 amide bonds. The van der Waals surface area contributed by atoms with Crippen LogP contribution in [0.25, 0.3) is 0 Å². The van der Waals surface area contributed by atoms with Crippen molar-refractivity contribution in [1.82, 2.24) is 0 Å². The van der Waals surface area contributed by atoms with Crippen LogP contribution in [0.1, 0.15) is 57.1 Å². The summed E-state index contributed by atoms with van der Waals surface area (Å²) in [5, 5.41) is 8.92. The summed E-state index contributed by atoms with van der Waals surface area (Å²) in [6.07, 6.45) is 3.52. The van der Waals surface area contributed by atoms with Gasteiger partial charge in [0.25, 0.3) is 0 Å². The molecule has 20 heavy (non-hydrogen) atoms. The number of carbonyl (C=O) groups is 2. The minimum Gasteiger partial charge on any atom is -0.481 e. The molecule has 0 spiro atoms. The zero-order valence-corrected chi connectivity index (χ0v) is 12.6. The van der Waals surface area contributed by atoms with E-state index in [1.165, 1.54) is 0 Å². The van der Waals surface area contributed by atoms with Gasteiger partial charge in [0, 0.05) is 12.3 Å². The number of benzene rings is 1. The van der Waals surface area contributed by atoms with Crippen molar-refractivity contribution in [2.75, 3.05) is 0 Å². The van der Waals surface area contributed by atoms with E-state index in [1.807, 2.05) is 38.1 Å². The average Bonchev–Trinajstić information content (AvgIpc) is 2.86. The smallest absolute Gasteiger partial charge is 0.310 e. The second-order valence-corrected chi connectivity index (χ2v) is 5.06. The molecule has 0 aliphatic heterocycles. The number of Topliss-reactive ketones (excluding diaryl/α,β-unsaturated/α-hetero) is 1. The number of aliphatic carboxylic acids is 1. The van der Waals surface area contributed by atoms with Crippen molar-refractivity contribution in [2.45, 2.75) is 52.4 Å². The van der Waals surface area contributed by atoms with Gasteiger partial charge in [0.1, 0.15) is 5.78 Å². The molecule has 3 heteroatoms. The molecule has 1 aliphatic carbocycles. The highest BCUT2D eigenvalue weighted by atomic mass is 16.4. The predicted octanol–water partition coefficient (Wildman–Crippen LogP) is 3.81. The molecule has 1 N–H and O–H groups in total. The van der Waals surface area contributed by atoms with Gasteiger partial charge in [-0.2, -0.15) is 0 Å². The van der Waals surface area contributed by atoms with Crippen LogP contribution in [0, 0.1) is 5.92 Å². The van der Waals surface area contributed by atoms with Crippen LogP contribution in [0.15, 0.2) is 24.3 Å². The lowest BCUT2D eigenvalue weighted by molar-refractivity contribution is -0.138. The lowest BCUT2D eigenvalue weighted by Gasteiger charge is -2.10. The Bertz CT molecular complexity index is 448. The summed E-state index contributed by atoms with van der Waals surface area (Å²) in [6, 6.07) is 7.60. The first-order chi connectivity index (χ1) is 9.58. The first kappa shape index (κ1) is 16.4. The molecule has 0 radical (unpaired) electrons. The second kappa shape index (κ2) is 7.83. The number of carboxylic acid groups (broad SMARTS) is 1. The third-order valence-electron chi connectivity index (χ3n) is 3.76. The van der Waals surface area contributed by atoms with Crippen molar-refractivity contribution in [2.24, 2.45) is 5.92 Å². The molecule has 1 saturated carbocycles. The molecular formula is C17H24O3. The summed E-state index contributed by atoms with van der Waals surface area (Å²) in [5.41, 5.74) is 1.93. The van der Waals surface area contributed by atoms with Crippen molar-refractivity contribution in [3.63, 3.8) is 0 Å². The lowest BCUT2D eigenvalue weighted by Crippen LogP contribution is -2.10. The van der Waals surface area contributed by atoms with E-state index < -0.39 is 11.9 Å². The standard InChI is InChI=1S/C15H18O3.C2H6/c1-10(15(17)18)12-7-5-11(6-8-12)9-13-3-2-4-14(13)16;1-2/h5-8,10,13H,2-4,9H2,1H3,(H,17,18);1-2H3. The summed E-state index contributed by atoms with van der Waals surface area (Å²) in [6.45, 7) is 5.68. The van der Waals surface area contributed by atoms with E-state index in [0.717, 1.165) is 36.8 Å². The summed E-state index contributed by atoms with van der Waals surface area (Å²) in [5.74, 6) is -0.744. The fourth-order valence-corrected chi connectivity index (χ4v) is 2.47. The molecular weight excluding hydrogens is 252 g/mol. The molecule has 1 aromatic rings. The highest BCUT2D eigenvalue weighted by Gasteiger charge is 2.24. The number of ketones is 1. The van der Waals surface area contributed by atoms with Gasteiger partial charge >= 0.3 is 5.97 Å². The number of hydrogen-bond donors (Lipinski definition) is 1. The lowest BCUT2D eigenvalue weighted by atomic mass is 9.94. The summed E-state index contributed by atoms with van der Waals surface area (Å²) in [4.78, 5) is 22.4. The van der Waals surface area contributed by atoms with Gasteiger partial charge in [-0.25, -0.2) is 0 Å². The van der Waals surface area contributed by atoms with Gasteiger partial charge < -0.3 is 5.11 Å². The third-order valence-corrected chi connectivity index (χ3v) is 3.76. The highest BCUT2D eigenvalue weighted by Crippen LogP contribution is 2.25. The Morgan fingerprint density at radius 2 is 1.90 bits per heavy atom. The van der Waals surface area contributed by atoms with E-state index >= 15 is 0 Å². The molecule has 2 unspecified atom stereocenters. The second-order valence-electron chi connectivity index (χ2n) is 5.06. The van der Waals surface area contributed by atoms with Crippen LogP contribution in [-0.2, 0) is 16.0 Å². The molecule has 1 aromatic carbocycles. The van der Waals surface area contributed by atoms with Crippen molar-refractivity contribution >= 4 is 11.8 Å². The van der Waals surface area contributed by atoms with Gasteiger partial charge in [-0.15, -0.1) is 0 Å². The monoisotopic (exact) mass is 276 g/mol. The number of carboxylic acids is 1. The van der Waals surface area contributed by atoms with Crippen LogP contribution in [0.2, 0.25) is 0 Å². The van der Waals surface area contributed by atoms with E-state index in [2.05, 4.69) is 0 Å². The Kier molecular flexibility index (Phi) is 6.43. The number of carbonyl (C=O) groups excluding carboxylic acids is 1. The zero-order valence-electron chi connectivity index (χ0n) is 12.6. The van der Waals surface area contributed by atoms with Crippen molar-refractivity contribution < 1.29 is 14.7 Å². The maximum Gasteiger partial charge on any atom is 0.310 e. The fourth-order valence-electron chi connectivity index (χ4n) is 2.47. The minimum absolute atomic E-state index is 0.174. The van der Waals surface area contributed by atoms with Gasteiger partial charge in [-0.05, 0) is 37.3 Å². The Morgan fingerprint density at radius 1 is 1.30 bits per heavy atom. The molecule has 2 atom stereocenters. The van der Waals surface area contributed by atoms with Crippen molar-refractivity contribution in [3.05, 3.63) is 35.4 Å². The normalized spacial score (nSPS) is 19.1. The van der Waals surface area contributed by atoms with E-state index in [4.69, 9.17) is 5.11 Å². The average molecular weight is 276 g/mol. The third kappa shape index (κ3) is 4.19. The van der Waals surface area contributed by atoms with Crippen LogP contribution < -0.4 is 0 Å². The van der Waals surface area contributed by atoms with Crippen LogP contribution in [-0.4, -0.2) is 16.9 Å². The first-order valence-electron chi connectivity index (χ1n) is 7.42. The quantitative estimate of drug-likeness (QED) is 0.909. The Labute approximate surface area is 121 Å². The molecule has 1 aliphatic rings. The Balaban J connectivity index is 0.000000956. The van der Waals surface area contributed by atoms with Crippen LogP contribution >= 0.6 is 0 Å². The maximum absolute atomic E-state index is 11.6. The molecule has 1 fully saturated rings. The van der Waals surface area contributed by atoms with E-state index in [0.29, 0.717) is 5.78 Å². The van der Waals surface area contributed by atoms with Gasteiger partial charge in [-0.1, -0.05) is 38.1 Å². The molecule has 3 nitrogen and oxygen atoms in total. The Hall–Kier alpha value is -1.64. The largest absolute Gasteiger partial charge is 0.481 e. The Morgan fingerprint density at radius 3 is 2.35 bits per heavy atom. The van der Waals surface area contributed by atoms with Gasteiger partial charge in [0.05, 0.1) is 5.92 Å². The first-order valence-corrected chi connectivity index (χ1v) is 7.42. The van der Waals surface area contributed by atoms with Crippen LogP contribution in [0.4, 0.5) is 0 Å². The molecule has 0 heterocycles. The van der Waals surface area contributed by atoms with Gasteiger partial charge in [-0.3, -0.25) is 9.59 Å². The van der Waals surface area contributed by atoms with E-state index in [9.17, 15) is 9.59 Å². The summed E-state index contributed by atoms with van der Waals surface area (Å²) in [7, 11) is 0. The highest BCUT2D eigenvalue weighted by molar-refractivity contribution is 5.83. The topological polar surface area (TPSA) is 54.4 Å². The van der Waals surface area contributed by atoms with Crippen LogP contribution in [0.5, 0.6) is 0 Å². The fraction of sp³-hybridized carbons (Fsp3) is 0.529. The molecule has 110 valence electrons. The van der Waals surface area contributed by atoms with Crippen molar-refractivity contribution in [3.8, 4) is 0 Å².